The number of ether oxygens (including phenoxy) is 2. The largest absolute Gasteiger partial charge is 0.497 e. The van der Waals surface area contributed by atoms with Crippen molar-refractivity contribution in [2.75, 3.05) is 7.11 Å². The highest BCUT2D eigenvalue weighted by Crippen LogP contribution is 2.20. The van der Waals surface area contributed by atoms with E-state index in [4.69, 9.17) is 13.9 Å². The minimum absolute atomic E-state index is 0.00510. The van der Waals surface area contributed by atoms with Crippen molar-refractivity contribution in [3.05, 3.63) is 81.7 Å². The van der Waals surface area contributed by atoms with Gasteiger partial charge in [0.25, 0.3) is 0 Å². The molecule has 0 N–H and O–H groups in total. The molecule has 1 aromatic heterocycles. The van der Waals surface area contributed by atoms with Crippen LogP contribution in [0.4, 0.5) is 0 Å². The fraction of sp³-hybridized carbons (Fsp3) is 0.182. The average Bonchev–Trinajstić information content (AvgIpc) is 2.69. The molecule has 3 rings (SSSR count). The second-order valence-corrected chi connectivity index (χ2v) is 5.99. The maximum absolute atomic E-state index is 12.0. The summed E-state index contributed by atoms with van der Waals surface area (Å²) in [5, 5.41) is 0.761. The summed E-state index contributed by atoms with van der Waals surface area (Å²) in [6, 6.07) is 14.4. The van der Waals surface area contributed by atoms with Crippen LogP contribution in [0.25, 0.3) is 17.0 Å². The molecule has 0 amide bonds. The van der Waals surface area contributed by atoms with Crippen LogP contribution in [0, 0.1) is 0 Å². The van der Waals surface area contributed by atoms with Crippen molar-refractivity contribution in [2.45, 2.75) is 20.0 Å². The fourth-order valence-electron chi connectivity index (χ4n) is 2.72. The first kappa shape index (κ1) is 18.5. The highest BCUT2D eigenvalue weighted by molar-refractivity contribution is 5.87. The second-order valence-electron chi connectivity index (χ2n) is 5.99. The summed E-state index contributed by atoms with van der Waals surface area (Å²) in [7, 11) is 1.58. The van der Waals surface area contributed by atoms with Gasteiger partial charge in [-0.1, -0.05) is 31.2 Å². The Bertz CT molecular complexity index is 1050. The first-order valence-electron chi connectivity index (χ1n) is 8.63. The molecule has 0 spiro atoms. The summed E-state index contributed by atoms with van der Waals surface area (Å²) in [6.45, 7) is 2.02. The molecule has 1 heterocycles. The van der Waals surface area contributed by atoms with Gasteiger partial charge in [0.1, 0.15) is 17.9 Å². The molecule has 2 aromatic carbocycles. The topological polar surface area (TPSA) is 65.7 Å². The summed E-state index contributed by atoms with van der Waals surface area (Å²) in [5.74, 6) is 0.212. The van der Waals surface area contributed by atoms with E-state index in [0.29, 0.717) is 16.9 Å². The summed E-state index contributed by atoms with van der Waals surface area (Å²) < 4.78 is 15.7. The van der Waals surface area contributed by atoms with Crippen LogP contribution < -0.4 is 10.4 Å². The van der Waals surface area contributed by atoms with Crippen molar-refractivity contribution in [3.8, 4) is 5.75 Å². The second kappa shape index (κ2) is 8.36. The Hall–Kier alpha value is -3.34. The zero-order valence-electron chi connectivity index (χ0n) is 15.2. The van der Waals surface area contributed by atoms with Crippen LogP contribution in [0.15, 0.2) is 63.8 Å². The quantitative estimate of drug-likeness (QED) is 0.374. The van der Waals surface area contributed by atoms with Crippen molar-refractivity contribution >= 4 is 23.0 Å². The lowest BCUT2D eigenvalue weighted by Crippen LogP contribution is -2.05. The van der Waals surface area contributed by atoms with Crippen molar-refractivity contribution in [2.24, 2.45) is 0 Å². The third-order valence-electron chi connectivity index (χ3n) is 4.18. The molecule has 138 valence electrons. The SMILES string of the molecule is CCc1ccc2c(COC(=O)C=Cc3cccc(OC)c3)cc(=O)oc2c1. The average molecular weight is 364 g/mol. The van der Waals surface area contributed by atoms with Crippen molar-refractivity contribution < 1.29 is 18.7 Å². The van der Waals surface area contributed by atoms with Crippen LogP contribution in [-0.2, 0) is 22.6 Å². The van der Waals surface area contributed by atoms with Gasteiger partial charge >= 0.3 is 11.6 Å². The molecule has 0 radical (unpaired) electrons. The van der Waals surface area contributed by atoms with Gasteiger partial charge in [0, 0.05) is 23.1 Å². The fourth-order valence-corrected chi connectivity index (χ4v) is 2.72. The lowest BCUT2D eigenvalue weighted by Gasteiger charge is -2.07. The number of aryl methyl sites for hydroxylation is 1. The van der Waals surface area contributed by atoms with Crippen LogP contribution in [0.5, 0.6) is 5.75 Å². The number of rotatable bonds is 6. The number of esters is 1. The molecule has 0 saturated carbocycles. The van der Waals surface area contributed by atoms with E-state index >= 15 is 0 Å². The summed E-state index contributed by atoms with van der Waals surface area (Å²) in [6.07, 6.45) is 3.83. The third-order valence-corrected chi connectivity index (χ3v) is 4.18. The van der Waals surface area contributed by atoms with Gasteiger partial charge in [-0.15, -0.1) is 0 Å². The van der Waals surface area contributed by atoms with Gasteiger partial charge in [-0.25, -0.2) is 9.59 Å². The molecular formula is C22H20O5. The summed E-state index contributed by atoms with van der Waals surface area (Å²) in [4.78, 5) is 23.8. The van der Waals surface area contributed by atoms with E-state index < -0.39 is 11.6 Å². The molecule has 27 heavy (non-hydrogen) atoms. The number of fused-ring (bicyclic) bond motifs is 1. The molecule has 0 bridgehead atoms. The van der Waals surface area contributed by atoms with Crippen LogP contribution in [0.1, 0.15) is 23.6 Å². The van der Waals surface area contributed by atoms with Gasteiger partial charge in [-0.2, -0.15) is 0 Å². The minimum atomic E-state index is -0.496. The minimum Gasteiger partial charge on any atom is -0.497 e. The monoisotopic (exact) mass is 364 g/mol. The standard InChI is InChI=1S/C22H20O5/c1-3-15-7-9-19-17(13-22(24)27-20(19)12-15)14-26-21(23)10-8-16-5-4-6-18(11-16)25-2/h4-13H,3,14H2,1-2H3. The van der Waals surface area contributed by atoms with Gasteiger partial charge < -0.3 is 13.9 Å². The number of methoxy groups -OCH3 is 1. The summed E-state index contributed by atoms with van der Waals surface area (Å²) in [5.41, 5.74) is 2.55. The molecule has 5 nitrogen and oxygen atoms in total. The Labute approximate surface area is 156 Å². The van der Waals surface area contributed by atoms with E-state index in [1.807, 2.05) is 49.4 Å². The highest BCUT2D eigenvalue weighted by Gasteiger charge is 2.08. The van der Waals surface area contributed by atoms with Crippen LogP contribution in [0.2, 0.25) is 0 Å². The predicted molar refractivity (Wildman–Crippen MR) is 104 cm³/mol. The van der Waals surface area contributed by atoms with Gasteiger partial charge in [0.15, 0.2) is 0 Å². The van der Waals surface area contributed by atoms with Crippen molar-refractivity contribution in [3.63, 3.8) is 0 Å². The molecule has 0 unspecified atom stereocenters. The molecule has 0 saturated heterocycles. The number of benzene rings is 2. The lowest BCUT2D eigenvalue weighted by atomic mass is 10.1. The Morgan fingerprint density at radius 2 is 2.00 bits per heavy atom. The van der Waals surface area contributed by atoms with E-state index in [0.717, 1.165) is 22.9 Å². The molecular weight excluding hydrogens is 344 g/mol. The van der Waals surface area contributed by atoms with E-state index in [-0.39, 0.29) is 6.61 Å². The van der Waals surface area contributed by atoms with E-state index in [9.17, 15) is 9.59 Å². The molecule has 3 aromatic rings. The number of carbonyl (C=O) groups excluding carboxylic acids is 1. The zero-order chi connectivity index (χ0) is 19.2. The van der Waals surface area contributed by atoms with Gasteiger partial charge in [0.05, 0.1) is 7.11 Å². The van der Waals surface area contributed by atoms with Crippen LogP contribution in [-0.4, -0.2) is 13.1 Å². The molecule has 0 atom stereocenters. The first-order valence-corrected chi connectivity index (χ1v) is 8.63. The van der Waals surface area contributed by atoms with Crippen molar-refractivity contribution in [1.82, 2.24) is 0 Å². The smallest absolute Gasteiger partial charge is 0.336 e. The van der Waals surface area contributed by atoms with Gasteiger partial charge in [-0.05, 0) is 41.8 Å². The van der Waals surface area contributed by atoms with Crippen molar-refractivity contribution in [1.29, 1.82) is 0 Å². The Morgan fingerprint density at radius 1 is 1.15 bits per heavy atom. The Morgan fingerprint density at radius 3 is 2.78 bits per heavy atom. The third kappa shape index (κ3) is 4.64. The maximum atomic E-state index is 12.0. The van der Waals surface area contributed by atoms with E-state index in [1.165, 1.54) is 12.1 Å². The predicted octanol–water partition coefficient (Wildman–Crippen LogP) is 4.12. The normalized spacial score (nSPS) is 11.0. The number of carbonyl (C=O) groups is 1. The highest BCUT2D eigenvalue weighted by atomic mass is 16.5. The summed E-state index contributed by atoms with van der Waals surface area (Å²) >= 11 is 0. The molecule has 0 aliphatic rings. The van der Waals surface area contributed by atoms with Gasteiger partial charge in [-0.3, -0.25) is 0 Å². The molecule has 0 aliphatic carbocycles. The van der Waals surface area contributed by atoms with E-state index in [2.05, 4.69) is 0 Å². The number of hydrogen-bond acceptors (Lipinski definition) is 5. The molecule has 0 fully saturated rings. The first-order chi connectivity index (χ1) is 13.1. The van der Waals surface area contributed by atoms with Crippen LogP contribution >= 0.6 is 0 Å². The lowest BCUT2D eigenvalue weighted by molar-refractivity contribution is -0.138. The van der Waals surface area contributed by atoms with E-state index in [1.54, 1.807) is 13.2 Å². The molecule has 5 heteroatoms. The van der Waals surface area contributed by atoms with Gasteiger partial charge in [0.2, 0.25) is 0 Å². The number of hydrogen-bond donors (Lipinski definition) is 0. The Kier molecular flexibility index (Phi) is 5.71. The van der Waals surface area contributed by atoms with Crippen LogP contribution in [0.3, 0.4) is 0 Å². The zero-order valence-corrected chi connectivity index (χ0v) is 15.2. The Balaban J connectivity index is 1.73. The maximum Gasteiger partial charge on any atom is 0.336 e. The molecule has 0 aliphatic heterocycles.